The molecule has 1 fully saturated rings. The number of anilines is 1. The maximum absolute atomic E-state index is 12.6. The zero-order valence-electron chi connectivity index (χ0n) is 19.2. The normalized spacial score (nSPS) is 16.8. The van der Waals surface area contributed by atoms with Crippen molar-refractivity contribution in [2.24, 2.45) is 4.99 Å². The molecule has 9 heteroatoms. The summed E-state index contributed by atoms with van der Waals surface area (Å²) >= 11 is 0. The Hall–Kier alpha value is -1.88. The first-order chi connectivity index (χ1) is 15.1. The first-order valence-corrected chi connectivity index (χ1v) is 11.5. The molecule has 0 spiro atoms. The maximum atomic E-state index is 12.6. The van der Waals surface area contributed by atoms with Crippen molar-refractivity contribution in [1.82, 2.24) is 20.9 Å². The number of para-hydroxylation sites is 1. The van der Waals surface area contributed by atoms with Crippen LogP contribution in [0.25, 0.3) is 0 Å². The lowest BCUT2D eigenvalue weighted by atomic mass is 10.1. The van der Waals surface area contributed by atoms with Gasteiger partial charge < -0.3 is 20.9 Å². The highest BCUT2D eigenvalue weighted by atomic mass is 127. The number of nitrogens with zero attached hydrogens (tertiary/aromatic N) is 3. The molecule has 2 heterocycles. The summed E-state index contributed by atoms with van der Waals surface area (Å²) in [5, 5.41) is 9.50. The highest BCUT2D eigenvalue weighted by molar-refractivity contribution is 14.0. The molecule has 0 radical (unpaired) electrons. The molecule has 0 bridgehead atoms. The zero-order valence-corrected chi connectivity index (χ0v) is 21.6. The lowest BCUT2D eigenvalue weighted by Crippen LogP contribution is -2.50. The minimum Gasteiger partial charge on any atom is -0.358 e. The van der Waals surface area contributed by atoms with Crippen LogP contribution >= 0.6 is 24.0 Å². The van der Waals surface area contributed by atoms with Crippen molar-refractivity contribution < 1.29 is 9.59 Å². The third kappa shape index (κ3) is 7.61. The SMILES string of the molecule is CCNC(=NCCCC(=O)N1CCc2ccccc21)NC1CCN(CC(=O)NC)CC1.I. The topological polar surface area (TPSA) is 89.1 Å². The fourth-order valence-electron chi connectivity index (χ4n) is 4.18. The third-order valence-electron chi connectivity index (χ3n) is 5.93. The predicted octanol–water partition coefficient (Wildman–Crippen LogP) is 1.74. The van der Waals surface area contributed by atoms with E-state index in [0.29, 0.717) is 25.6 Å². The van der Waals surface area contributed by atoms with Gasteiger partial charge in [0.25, 0.3) is 0 Å². The molecular formula is C23H37IN6O2. The van der Waals surface area contributed by atoms with Crippen LogP contribution in [0, 0.1) is 0 Å². The van der Waals surface area contributed by atoms with Gasteiger partial charge in [0.1, 0.15) is 0 Å². The Bertz CT molecular complexity index is 780. The highest BCUT2D eigenvalue weighted by Gasteiger charge is 2.24. The average Bonchev–Trinajstić information content (AvgIpc) is 3.22. The zero-order chi connectivity index (χ0) is 22.1. The highest BCUT2D eigenvalue weighted by Crippen LogP contribution is 2.28. The lowest BCUT2D eigenvalue weighted by molar-refractivity contribution is -0.122. The Balaban J connectivity index is 0.00000363. The van der Waals surface area contributed by atoms with Crippen LogP contribution < -0.4 is 20.9 Å². The van der Waals surface area contributed by atoms with Crippen LogP contribution in [0.2, 0.25) is 0 Å². The summed E-state index contributed by atoms with van der Waals surface area (Å²) in [6.07, 6.45) is 4.15. The van der Waals surface area contributed by atoms with Crippen molar-refractivity contribution in [1.29, 1.82) is 0 Å². The number of carbonyl (C=O) groups is 2. The van der Waals surface area contributed by atoms with Gasteiger partial charge in [-0.15, -0.1) is 24.0 Å². The molecule has 3 N–H and O–H groups in total. The van der Waals surface area contributed by atoms with Gasteiger partial charge in [-0.2, -0.15) is 0 Å². The molecule has 178 valence electrons. The van der Waals surface area contributed by atoms with E-state index in [9.17, 15) is 9.59 Å². The van der Waals surface area contributed by atoms with Gasteiger partial charge in [0.2, 0.25) is 11.8 Å². The van der Waals surface area contributed by atoms with Crippen molar-refractivity contribution in [3.63, 3.8) is 0 Å². The van der Waals surface area contributed by atoms with Crippen molar-refractivity contribution in [2.45, 2.75) is 45.1 Å². The van der Waals surface area contributed by atoms with Gasteiger partial charge in [-0.3, -0.25) is 19.5 Å². The predicted molar refractivity (Wildman–Crippen MR) is 140 cm³/mol. The molecule has 0 unspecified atom stereocenters. The van der Waals surface area contributed by atoms with Crippen LogP contribution in [0.15, 0.2) is 29.3 Å². The van der Waals surface area contributed by atoms with Crippen molar-refractivity contribution in [3.8, 4) is 0 Å². The number of hydrogen-bond acceptors (Lipinski definition) is 4. The fraction of sp³-hybridized carbons (Fsp3) is 0.609. The monoisotopic (exact) mass is 556 g/mol. The number of carbonyl (C=O) groups excluding carboxylic acids is 2. The van der Waals surface area contributed by atoms with E-state index in [-0.39, 0.29) is 35.8 Å². The molecule has 0 saturated carbocycles. The third-order valence-corrected chi connectivity index (χ3v) is 5.93. The summed E-state index contributed by atoms with van der Waals surface area (Å²) in [7, 11) is 1.67. The first kappa shape index (κ1) is 26.4. The summed E-state index contributed by atoms with van der Waals surface area (Å²) in [4.78, 5) is 32.9. The second-order valence-corrected chi connectivity index (χ2v) is 8.16. The minimum absolute atomic E-state index is 0. The standard InChI is InChI=1S/C23H36N6O2.HI/c1-3-25-23(27-19-11-14-28(15-12-19)17-21(30)24-2)26-13-6-9-22(31)29-16-10-18-7-4-5-8-20(18)29;/h4-5,7-8,19H,3,6,9-17H2,1-2H3,(H,24,30)(H2,25,26,27);1H. The van der Waals surface area contributed by atoms with Crippen molar-refractivity contribution in [2.75, 3.05) is 51.2 Å². The van der Waals surface area contributed by atoms with Gasteiger partial charge in [0, 0.05) is 57.9 Å². The van der Waals surface area contributed by atoms with Crippen LogP contribution in [0.4, 0.5) is 5.69 Å². The molecule has 3 rings (SSSR count). The number of nitrogens with one attached hydrogen (secondary N) is 3. The van der Waals surface area contributed by atoms with E-state index in [0.717, 1.165) is 63.5 Å². The number of guanidine groups is 1. The molecule has 2 amide bonds. The van der Waals surface area contributed by atoms with Crippen LogP contribution in [-0.2, 0) is 16.0 Å². The average molecular weight is 556 g/mol. The summed E-state index contributed by atoms with van der Waals surface area (Å²) in [5.41, 5.74) is 2.32. The van der Waals surface area contributed by atoms with Crippen molar-refractivity contribution >= 4 is 47.4 Å². The van der Waals surface area contributed by atoms with E-state index in [1.165, 1.54) is 5.56 Å². The van der Waals surface area contributed by atoms with E-state index in [4.69, 9.17) is 0 Å². The Labute approximate surface area is 208 Å². The van der Waals surface area contributed by atoms with E-state index in [1.807, 2.05) is 23.1 Å². The molecule has 0 aliphatic carbocycles. The molecule has 0 atom stereocenters. The molecule has 1 aromatic carbocycles. The van der Waals surface area contributed by atoms with Gasteiger partial charge in [0.15, 0.2) is 5.96 Å². The number of aliphatic imine (C=N–C) groups is 1. The second kappa shape index (κ2) is 13.6. The summed E-state index contributed by atoms with van der Waals surface area (Å²) in [6.45, 7) is 6.51. The van der Waals surface area contributed by atoms with Gasteiger partial charge in [0.05, 0.1) is 6.54 Å². The van der Waals surface area contributed by atoms with Crippen LogP contribution in [-0.4, -0.2) is 75.0 Å². The molecule has 1 aromatic rings. The molecule has 32 heavy (non-hydrogen) atoms. The van der Waals surface area contributed by atoms with Gasteiger partial charge in [-0.1, -0.05) is 18.2 Å². The second-order valence-electron chi connectivity index (χ2n) is 8.16. The smallest absolute Gasteiger partial charge is 0.233 e. The van der Waals surface area contributed by atoms with Gasteiger partial charge >= 0.3 is 0 Å². The molecule has 8 nitrogen and oxygen atoms in total. The molecule has 2 aliphatic heterocycles. The summed E-state index contributed by atoms with van der Waals surface area (Å²) in [5.74, 6) is 1.06. The van der Waals surface area contributed by atoms with Crippen molar-refractivity contribution in [3.05, 3.63) is 29.8 Å². The number of piperidine rings is 1. The number of likely N-dealkylation sites (N-methyl/N-ethyl adjacent to an activating group) is 1. The Morgan fingerprint density at radius 3 is 2.62 bits per heavy atom. The number of rotatable bonds is 8. The summed E-state index contributed by atoms with van der Waals surface area (Å²) < 4.78 is 0. The van der Waals surface area contributed by atoms with E-state index >= 15 is 0 Å². The van der Waals surface area contributed by atoms with Gasteiger partial charge in [-0.05, 0) is 44.2 Å². The lowest BCUT2D eigenvalue weighted by Gasteiger charge is -2.32. The number of likely N-dealkylation sites (tertiary alicyclic amines) is 1. The quantitative estimate of drug-likeness (QED) is 0.197. The Morgan fingerprint density at radius 2 is 1.91 bits per heavy atom. The maximum Gasteiger partial charge on any atom is 0.233 e. The Kier molecular flexibility index (Phi) is 11.2. The number of benzene rings is 1. The van der Waals surface area contributed by atoms with Crippen LogP contribution in [0.5, 0.6) is 0 Å². The van der Waals surface area contributed by atoms with E-state index < -0.39 is 0 Å². The Morgan fingerprint density at radius 1 is 1.16 bits per heavy atom. The van der Waals surface area contributed by atoms with Gasteiger partial charge in [-0.25, -0.2) is 0 Å². The summed E-state index contributed by atoms with van der Waals surface area (Å²) in [6, 6.07) is 8.51. The number of hydrogen-bond donors (Lipinski definition) is 3. The fourth-order valence-corrected chi connectivity index (χ4v) is 4.18. The minimum atomic E-state index is 0. The molecule has 2 aliphatic rings. The number of halogens is 1. The molecule has 1 saturated heterocycles. The number of fused-ring (bicyclic) bond motifs is 1. The molecule has 0 aromatic heterocycles. The van der Waals surface area contributed by atoms with E-state index in [2.05, 4.69) is 38.8 Å². The number of amides is 2. The van der Waals surface area contributed by atoms with Crippen LogP contribution in [0.3, 0.4) is 0 Å². The molecular weight excluding hydrogens is 519 g/mol. The first-order valence-electron chi connectivity index (χ1n) is 11.5. The van der Waals surface area contributed by atoms with E-state index in [1.54, 1.807) is 7.05 Å². The van der Waals surface area contributed by atoms with Crippen LogP contribution in [0.1, 0.15) is 38.2 Å². The largest absolute Gasteiger partial charge is 0.358 e.